The van der Waals surface area contributed by atoms with Crippen LogP contribution in [0.15, 0.2) is 18.2 Å². The second-order valence-electron chi connectivity index (χ2n) is 8.93. The molecule has 1 aromatic carbocycles. The zero-order valence-electron chi connectivity index (χ0n) is 17.7. The lowest BCUT2D eigenvalue weighted by atomic mass is 9.83. The second-order valence-corrected chi connectivity index (χ2v) is 10.6. The first-order chi connectivity index (χ1) is 13.8. The van der Waals surface area contributed by atoms with E-state index in [-0.39, 0.29) is 6.09 Å². The number of rotatable bonds is 6. The highest BCUT2D eigenvalue weighted by Crippen LogP contribution is 2.39. The van der Waals surface area contributed by atoms with Gasteiger partial charge in [0.25, 0.3) is 0 Å². The zero-order chi connectivity index (χ0) is 21.0. The summed E-state index contributed by atoms with van der Waals surface area (Å²) in [4.78, 5) is 16.5. The Morgan fingerprint density at radius 1 is 1.17 bits per heavy atom. The smallest absolute Gasteiger partial charge is 0.410 e. The number of ether oxygens (including phenoxy) is 2. The maximum atomic E-state index is 12.2. The van der Waals surface area contributed by atoms with Gasteiger partial charge in [-0.05, 0) is 86.0 Å². The Labute approximate surface area is 189 Å². The van der Waals surface area contributed by atoms with Crippen molar-refractivity contribution in [2.75, 3.05) is 38.2 Å². The van der Waals surface area contributed by atoms with Gasteiger partial charge in [0.05, 0.1) is 7.11 Å². The van der Waals surface area contributed by atoms with E-state index in [9.17, 15) is 4.79 Å². The Hall–Kier alpha value is -0.950. The molecule has 0 aliphatic carbocycles. The van der Waals surface area contributed by atoms with E-state index in [1.54, 1.807) is 7.11 Å². The number of carbonyl (C=O) groups is 1. The fourth-order valence-corrected chi connectivity index (χ4v) is 5.02. The number of piperidine rings is 1. The van der Waals surface area contributed by atoms with Crippen molar-refractivity contribution in [3.8, 4) is 11.5 Å². The van der Waals surface area contributed by atoms with Crippen molar-refractivity contribution in [3.63, 3.8) is 0 Å². The van der Waals surface area contributed by atoms with Crippen molar-refractivity contribution in [3.05, 3.63) is 18.2 Å². The van der Waals surface area contributed by atoms with Crippen LogP contribution in [0, 0.1) is 11.8 Å². The fourth-order valence-electron chi connectivity index (χ4n) is 4.06. The van der Waals surface area contributed by atoms with Crippen LogP contribution in [0.5, 0.6) is 11.5 Å². The number of methoxy groups -OCH3 is 1. The zero-order valence-corrected chi connectivity index (χ0v) is 20.9. The molecule has 2 fully saturated rings. The van der Waals surface area contributed by atoms with Gasteiger partial charge < -0.3 is 23.8 Å². The Kier molecular flexibility index (Phi) is 7.76. The molecule has 0 N–H and O–H groups in total. The van der Waals surface area contributed by atoms with E-state index < -0.39 is 5.60 Å². The lowest BCUT2D eigenvalue weighted by Crippen LogP contribution is -2.48. The molecule has 2 heterocycles. The molecule has 2 saturated heterocycles. The molecule has 29 heavy (non-hydrogen) atoms. The number of carbonyl (C=O) groups excluding carboxylic acids is 1. The maximum Gasteiger partial charge on any atom is 0.410 e. The minimum Gasteiger partial charge on any atom is -0.493 e. The second kappa shape index (κ2) is 9.90. The minimum absolute atomic E-state index is 0.171. The van der Waals surface area contributed by atoms with Crippen LogP contribution >= 0.6 is 28.5 Å². The predicted octanol–water partition coefficient (Wildman–Crippen LogP) is 5.49. The Morgan fingerprint density at radius 2 is 1.86 bits per heavy atom. The molecule has 1 amide bonds. The van der Waals surface area contributed by atoms with E-state index in [0.717, 1.165) is 56.4 Å². The Balaban J connectivity index is 1.42. The van der Waals surface area contributed by atoms with Crippen LogP contribution in [-0.4, -0.2) is 49.9 Å². The molecule has 0 bridgehead atoms. The van der Waals surface area contributed by atoms with Crippen molar-refractivity contribution >= 4 is 40.3 Å². The van der Waals surface area contributed by atoms with Crippen LogP contribution < -0.4 is 14.2 Å². The fraction of sp³-hybridized carbons (Fsp3) is 0.667. The van der Waals surface area contributed by atoms with Crippen molar-refractivity contribution in [1.82, 2.24) is 4.90 Å². The van der Waals surface area contributed by atoms with E-state index in [0.29, 0.717) is 12.4 Å². The van der Waals surface area contributed by atoms with E-state index in [2.05, 4.69) is 39.1 Å². The highest BCUT2D eigenvalue weighted by Gasteiger charge is 2.32. The van der Waals surface area contributed by atoms with Crippen LogP contribution in [0.3, 0.4) is 0 Å². The number of benzene rings is 1. The summed E-state index contributed by atoms with van der Waals surface area (Å²) < 4.78 is 16.6. The summed E-state index contributed by atoms with van der Waals surface area (Å²) in [6.07, 6.45) is 3.22. The first-order valence-corrected chi connectivity index (χ1v) is 14.2. The Bertz CT molecular complexity index is 698. The standard InChI is InChI=1S/C21H32IN2O4P/c1-21(2,3)27-20(25)23-9-7-15(8-10-23)11-16-13-24(14-16)17-5-6-18(28-29-22)19(12-17)26-4/h5-6,12,15-16,29H,7-11,13-14H2,1-4H3. The van der Waals surface area contributed by atoms with E-state index in [1.165, 1.54) is 12.1 Å². The van der Waals surface area contributed by atoms with Gasteiger partial charge in [-0.3, -0.25) is 0 Å². The number of halogens is 1. The third-order valence-corrected chi connectivity index (χ3v) is 6.51. The topological polar surface area (TPSA) is 51.2 Å². The highest BCUT2D eigenvalue weighted by molar-refractivity contribution is 14.2. The minimum atomic E-state index is -0.424. The van der Waals surface area contributed by atoms with Gasteiger partial charge in [0, 0.05) is 37.9 Å². The summed E-state index contributed by atoms with van der Waals surface area (Å²) in [5.74, 6) is 3.03. The number of hydrogen-bond donors (Lipinski definition) is 0. The van der Waals surface area contributed by atoms with Gasteiger partial charge in [-0.15, -0.1) is 0 Å². The van der Waals surface area contributed by atoms with E-state index >= 15 is 0 Å². The summed E-state index contributed by atoms with van der Waals surface area (Å²) in [6, 6.07) is 6.19. The lowest BCUT2D eigenvalue weighted by Gasteiger charge is -2.43. The molecule has 0 radical (unpaired) electrons. The summed E-state index contributed by atoms with van der Waals surface area (Å²) in [7, 11) is 1.69. The normalized spacial score (nSPS) is 18.8. The Morgan fingerprint density at radius 3 is 2.45 bits per heavy atom. The van der Waals surface area contributed by atoms with Gasteiger partial charge in [-0.2, -0.15) is 0 Å². The first-order valence-electron chi connectivity index (χ1n) is 10.2. The summed E-state index contributed by atoms with van der Waals surface area (Å²) in [6.45, 7) is 9.92. The molecular weight excluding hydrogens is 502 g/mol. The molecular formula is C21H32IN2O4P. The number of amides is 1. The average Bonchev–Trinajstić information content (AvgIpc) is 2.64. The molecule has 6 nitrogen and oxygen atoms in total. The number of hydrogen-bond acceptors (Lipinski definition) is 5. The van der Waals surface area contributed by atoms with Gasteiger partial charge in [0.2, 0.25) is 0 Å². The monoisotopic (exact) mass is 534 g/mol. The molecule has 162 valence electrons. The summed E-state index contributed by atoms with van der Waals surface area (Å²) in [5, 5.41) is 0. The largest absolute Gasteiger partial charge is 0.493 e. The summed E-state index contributed by atoms with van der Waals surface area (Å²) in [5.41, 5.74) is 0.773. The summed E-state index contributed by atoms with van der Waals surface area (Å²) >= 11 is 2.21. The van der Waals surface area contributed by atoms with E-state index in [1.807, 2.05) is 31.7 Å². The van der Waals surface area contributed by atoms with Crippen LogP contribution in [0.1, 0.15) is 40.0 Å². The number of anilines is 1. The number of likely N-dealkylation sites (tertiary alicyclic amines) is 1. The third kappa shape index (κ3) is 6.27. The van der Waals surface area contributed by atoms with E-state index in [4.69, 9.17) is 14.0 Å². The molecule has 0 aromatic heterocycles. The highest BCUT2D eigenvalue weighted by atomic mass is 127. The van der Waals surface area contributed by atoms with Crippen molar-refractivity contribution in [2.45, 2.75) is 45.6 Å². The van der Waals surface area contributed by atoms with Crippen LogP contribution in [0.25, 0.3) is 0 Å². The predicted molar refractivity (Wildman–Crippen MR) is 127 cm³/mol. The van der Waals surface area contributed by atoms with Crippen LogP contribution in [0.4, 0.5) is 10.5 Å². The first kappa shape index (κ1) is 22.7. The number of nitrogens with zero attached hydrogens (tertiary/aromatic N) is 2. The molecule has 8 heteroatoms. The third-order valence-electron chi connectivity index (χ3n) is 5.55. The molecule has 2 aliphatic heterocycles. The molecule has 1 atom stereocenters. The van der Waals surface area contributed by atoms with Crippen molar-refractivity contribution in [1.29, 1.82) is 0 Å². The van der Waals surface area contributed by atoms with Gasteiger partial charge in [0.15, 0.2) is 11.5 Å². The van der Waals surface area contributed by atoms with Gasteiger partial charge in [-0.25, -0.2) is 4.79 Å². The maximum absolute atomic E-state index is 12.2. The molecule has 0 spiro atoms. The van der Waals surface area contributed by atoms with Gasteiger partial charge in [-0.1, -0.05) is 0 Å². The quantitative estimate of drug-likeness (QED) is 0.357. The molecule has 1 aromatic rings. The molecule has 0 saturated carbocycles. The van der Waals surface area contributed by atoms with Crippen LogP contribution in [-0.2, 0) is 4.74 Å². The molecule has 2 aliphatic rings. The molecule has 1 unspecified atom stereocenters. The SMILES string of the molecule is COc1cc(N2CC(CC3CCN(C(=O)OC(C)(C)C)CC3)C2)ccc1OPI. The molecule has 3 rings (SSSR count). The van der Waals surface area contributed by atoms with Crippen LogP contribution in [0.2, 0.25) is 0 Å². The lowest BCUT2D eigenvalue weighted by molar-refractivity contribution is 0.0174. The van der Waals surface area contributed by atoms with Crippen molar-refractivity contribution < 1.29 is 18.8 Å². The van der Waals surface area contributed by atoms with Gasteiger partial charge in [0.1, 0.15) is 12.1 Å². The average molecular weight is 534 g/mol. The van der Waals surface area contributed by atoms with Crippen molar-refractivity contribution in [2.24, 2.45) is 11.8 Å². The van der Waals surface area contributed by atoms with Gasteiger partial charge >= 0.3 is 6.09 Å².